The first-order valence-electron chi connectivity index (χ1n) is 4.99. The van der Waals surface area contributed by atoms with Crippen molar-refractivity contribution in [3.8, 4) is 12.1 Å². The highest BCUT2D eigenvalue weighted by Crippen LogP contribution is 2.18. The molecule has 2 aromatic rings. The van der Waals surface area contributed by atoms with E-state index in [0.29, 0.717) is 16.9 Å². The topological polar surface area (TPSA) is 60.7 Å². The van der Waals surface area contributed by atoms with Gasteiger partial charge in [0.2, 0.25) is 0 Å². The molecule has 0 atom stereocenters. The Balaban J connectivity index is 2.37. The summed E-state index contributed by atoms with van der Waals surface area (Å²) in [5.41, 5.74) is 1.84. The average Bonchev–Trinajstić information content (AvgIpc) is 2.89. The third-order valence-corrected chi connectivity index (χ3v) is 2.28. The van der Waals surface area contributed by atoms with Gasteiger partial charge in [0.25, 0.3) is 0 Å². The molecule has 17 heavy (non-hydrogen) atoms. The van der Waals surface area contributed by atoms with Crippen molar-refractivity contribution >= 4 is 11.6 Å². The fraction of sp³-hybridized carbons (Fsp3) is 0. The quantitative estimate of drug-likeness (QED) is 0.730. The van der Waals surface area contributed by atoms with Crippen LogP contribution in [0.3, 0.4) is 0 Å². The predicted molar refractivity (Wildman–Crippen MR) is 63.3 cm³/mol. The molecule has 3 nitrogen and oxygen atoms in total. The highest BCUT2D eigenvalue weighted by molar-refractivity contribution is 5.88. The SMILES string of the molecule is N#C/C(=C/c1ccco1)c1ccc(C#N)cc1. The number of hydrogen-bond donors (Lipinski definition) is 0. The Bertz CT molecular complexity index is 608. The summed E-state index contributed by atoms with van der Waals surface area (Å²) in [6.45, 7) is 0. The first-order chi connectivity index (χ1) is 8.33. The van der Waals surface area contributed by atoms with Gasteiger partial charge in [-0.05, 0) is 35.9 Å². The molecule has 0 saturated carbocycles. The first kappa shape index (κ1) is 10.7. The standard InChI is InChI=1S/C14H8N2O/c15-9-11-3-5-12(6-4-11)13(10-16)8-14-2-1-7-17-14/h1-8H/b13-8-. The van der Waals surface area contributed by atoms with Crippen LogP contribution >= 0.6 is 0 Å². The molecule has 0 N–H and O–H groups in total. The number of furan rings is 1. The number of nitriles is 2. The fourth-order valence-corrected chi connectivity index (χ4v) is 1.42. The molecule has 0 bridgehead atoms. The van der Waals surface area contributed by atoms with Crippen LogP contribution in [0.1, 0.15) is 16.9 Å². The maximum absolute atomic E-state index is 9.08. The number of hydrogen-bond acceptors (Lipinski definition) is 3. The van der Waals surface area contributed by atoms with Gasteiger partial charge in [0.1, 0.15) is 5.76 Å². The van der Waals surface area contributed by atoms with Gasteiger partial charge in [-0.15, -0.1) is 0 Å². The van der Waals surface area contributed by atoms with Crippen LogP contribution in [0, 0.1) is 22.7 Å². The molecule has 0 aliphatic carbocycles. The lowest BCUT2D eigenvalue weighted by atomic mass is 10.0. The molecule has 0 aliphatic heterocycles. The number of nitrogens with zero attached hydrogens (tertiary/aromatic N) is 2. The summed E-state index contributed by atoms with van der Waals surface area (Å²) in [7, 11) is 0. The molecule has 0 fully saturated rings. The molecule has 0 unspecified atom stereocenters. The summed E-state index contributed by atoms with van der Waals surface area (Å²) in [6.07, 6.45) is 3.22. The lowest BCUT2D eigenvalue weighted by Crippen LogP contribution is -1.82. The molecule has 80 valence electrons. The first-order valence-corrected chi connectivity index (χ1v) is 4.99. The zero-order chi connectivity index (χ0) is 12.1. The minimum Gasteiger partial charge on any atom is -0.465 e. The summed E-state index contributed by atoms with van der Waals surface area (Å²) in [5, 5.41) is 17.8. The van der Waals surface area contributed by atoms with Gasteiger partial charge in [-0.3, -0.25) is 0 Å². The lowest BCUT2D eigenvalue weighted by molar-refractivity contribution is 0.557. The van der Waals surface area contributed by atoms with Gasteiger partial charge in [0, 0.05) is 0 Å². The number of benzene rings is 1. The van der Waals surface area contributed by atoms with Gasteiger partial charge < -0.3 is 4.42 Å². The van der Waals surface area contributed by atoms with Crippen molar-refractivity contribution in [2.45, 2.75) is 0 Å². The van der Waals surface area contributed by atoms with Crippen LogP contribution < -0.4 is 0 Å². The molecule has 1 aromatic carbocycles. The van der Waals surface area contributed by atoms with E-state index >= 15 is 0 Å². The minimum atomic E-state index is 0.504. The van der Waals surface area contributed by atoms with Gasteiger partial charge in [0.05, 0.1) is 29.5 Å². The molecule has 2 rings (SSSR count). The second-order valence-corrected chi connectivity index (χ2v) is 3.37. The molecule has 0 radical (unpaired) electrons. The second kappa shape index (κ2) is 4.83. The van der Waals surface area contributed by atoms with Crippen molar-refractivity contribution < 1.29 is 4.42 Å². The van der Waals surface area contributed by atoms with Gasteiger partial charge in [-0.1, -0.05) is 12.1 Å². The van der Waals surface area contributed by atoms with E-state index in [2.05, 4.69) is 6.07 Å². The van der Waals surface area contributed by atoms with Gasteiger partial charge >= 0.3 is 0 Å². The van der Waals surface area contributed by atoms with E-state index < -0.39 is 0 Å². The van der Waals surface area contributed by atoms with E-state index in [1.54, 1.807) is 48.7 Å². The van der Waals surface area contributed by atoms with Crippen molar-refractivity contribution in [3.05, 3.63) is 59.5 Å². The Kier molecular flexibility index (Phi) is 3.05. The Labute approximate surface area is 98.8 Å². The van der Waals surface area contributed by atoms with E-state index in [0.717, 1.165) is 5.56 Å². The predicted octanol–water partition coefficient (Wildman–Crippen LogP) is 3.22. The Hall–Kier alpha value is -2.78. The number of allylic oxidation sites excluding steroid dienone is 1. The second-order valence-electron chi connectivity index (χ2n) is 3.37. The van der Waals surface area contributed by atoms with Crippen molar-refractivity contribution in [1.82, 2.24) is 0 Å². The zero-order valence-corrected chi connectivity index (χ0v) is 8.92. The molecule has 1 aromatic heterocycles. The largest absolute Gasteiger partial charge is 0.465 e. The Morgan fingerprint density at radius 3 is 2.41 bits per heavy atom. The van der Waals surface area contributed by atoms with Crippen LogP contribution in [0.25, 0.3) is 11.6 Å². The van der Waals surface area contributed by atoms with Crippen molar-refractivity contribution in [1.29, 1.82) is 10.5 Å². The maximum Gasteiger partial charge on any atom is 0.127 e. The van der Waals surface area contributed by atoms with Crippen LogP contribution in [0.2, 0.25) is 0 Å². The van der Waals surface area contributed by atoms with Crippen LogP contribution in [0.5, 0.6) is 0 Å². The monoisotopic (exact) mass is 220 g/mol. The van der Waals surface area contributed by atoms with Crippen molar-refractivity contribution in [2.24, 2.45) is 0 Å². The molecule has 1 heterocycles. The van der Waals surface area contributed by atoms with Crippen LogP contribution in [0.15, 0.2) is 47.1 Å². The van der Waals surface area contributed by atoms with E-state index in [1.165, 1.54) is 0 Å². The minimum absolute atomic E-state index is 0.504. The lowest BCUT2D eigenvalue weighted by Gasteiger charge is -1.98. The van der Waals surface area contributed by atoms with Gasteiger partial charge in [0.15, 0.2) is 0 Å². The van der Waals surface area contributed by atoms with Crippen LogP contribution in [-0.4, -0.2) is 0 Å². The van der Waals surface area contributed by atoms with Crippen molar-refractivity contribution in [2.75, 3.05) is 0 Å². The normalized spacial score (nSPS) is 10.6. The Morgan fingerprint density at radius 2 is 1.88 bits per heavy atom. The van der Waals surface area contributed by atoms with E-state index in [9.17, 15) is 0 Å². The summed E-state index contributed by atoms with van der Waals surface area (Å²) in [4.78, 5) is 0. The van der Waals surface area contributed by atoms with Crippen LogP contribution in [0.4, 0.5) is 0 Å². The molecule has 0 amide bonds. The van der Waals surface area contributed by atoms with E-state index in [4.69, 9.17) is 14.9 Å². The molecular weight excluding hydrogens is 212 g/mol. The number of rotatable bonds is 2. The highest BCUT2D eigenvalue weighted by atomic mass is 16.3. The summed E-state index contributed by atoms with van der Waals surface area (Å²) in [6, 6.07) is 14.5. The third-order valence-electron chi connectivity index (χ3n) is 2.28. The summed E-state index contributed by atoms with van der Waals surface area (Å²) < 4.78 is 5.15. The average molecular weight is 220 g/mol. The Morgan fingerprint density at radius 1 is 1.12 bits per heavy atom. The van der Waals surface area contributed by atoms with E-state index in [1.807, 2.05) is 6.07 Å². The van der Waals surface area contributed by atoms with Crippen molar-refractivity contribution in [3.63, 3.8) is 0 Å². The molecule has 0 aliphatic rings. The maximum atomic E-state index is 9.08. The molecule has 0 saturated heterocycles. The summed E-state index contributed by atoms with van der Waals surface area (Å²) in [5.74, 6) is 0.630. The smallest absolute Gasteiger partial charge is 0.127 e. The van der Waals surface area contributed by atoms with Gasteiger partial charge in [-0.2, -0.15) is 10.5 Å². The van der Waals surface area contributed by atoms with E-state index in [-0.39, 0.29) is 0 Å². The highest BCUT2D eigenvalue weighted by Gasteiger charge is 2.02. The van der Waals surface area contributed by atoms with Gasteiger partial charge in [-0.25, -0.2) is 0 Å². The molecule has 0 spiro atoms. The fourth-order valence-electron chi connectivity index (χ4n) is 1.42. The molecular formula is C14H8N2O. The summed E-state index contributed by atoms with van der Waals surface area (Å²) >= 11 is 0. The van der Waals surface area contributed by atoms with Crippen LogP contribution in [-0.2, 0) is 0 Å². The third kappa shape index (κ3) is 2.42. The zero-order valence-electron chi connectivity index (χ0n) is 8.92. The molecule has 3 heteroatoms.